The molecule has 0 atom stereocenters. The van der Waals surface area contributed by atoms with Gasteiger partial charge in [-0.15, -0.1) is 0 Å². The lowest BCUT2D eigenvalue weighted by Gasteiger charge is -2.23. The zero-order chi connectivity index (χ0) is 14.0. The third-order valence-electron chi connectivity index (χ3n) is 2.57. The van der Waals surface area contributed by atoms with Crippen molar-refractivity contribution < 1.29 is 13.3 Å². The SMILES string of the molecule is CO[Si](C=Cc1ccccc1)(OC)OCCNCN. The predicted octanol–water partition coefficient (Wildman–Crippen LogP) is 0.993. The molecule has 0 aliphatic rings. The number of hydrogen-bond donors (Lipinski definition) is 2. The van der Waals surface area contributed by atoms with Gasteiger partial charge >= 0.3 is 8.80 Å². The van der Waals surface area contributed by atoms with Gasteiger partial charge in [-0.2, -0.15) is 0 Å². The zero-order valence-corrected chi connectivity index (χ0v) is 12.5. The first-order valence-electron chi connectivity index (χ1n) is 6.15. The molecule has 3 N–H and O–H groups in total. The molecule has 0 bridgehead atoms. The number of hydrogen-bond acceptors (Lipinski definition) is 5. The van der Waals surface area contributed by atoms with E-state index in [1.165, 1.54) is 0 Å². The van der Waals surface area contributed by atoms with Gasteiger partial charge in [-0.05, 0) is 11.3 Å². The molecule has 0 amide bonds. The van der Waals surface area contributed by atoms with Crippen LogP contribution < -0.4 is 11.1 Å². The van der Waals surface area contributed by atoms with Crippen molar-refractivity contribution in [2.75, 3.05) is 34.0 Å². The minimum absolute atomic E-state index is 0.428. The summed E-state index contributed by atoms with van der Waals surface area (Å²) in [4.78, 5) is 0. The summed E-state index contributed by atoms with van der Waals surface area (Å²) in [6.45, 7) is 1.58. The Morgan fingerprint density at radius 1 is 1.21 bits per heavy atom. The van der Waals surface area contributed by atoms with E-state index in [1.54, 1.807) is 14.2 Å². The van der Waals surface area contributed by atoms with E-state index in [-0.39, 0.29) is 0 Å². The maximum Gasteiger partial charge on any atom is 0.529 e. The fraction of sp³-hybridized carbons (Fsp3) is 0.385. The first kappa shape index (κ1) is 16.0. The summed E-state index contributed by atoms with van der Waals surface area (Å²) in [6.07, 6.45) is 1.95. The quantitative estimate of drug-likeness (QED) is 0.402. The molecule has 1 rings (SSSR count). The van der Waals surface area contributed by atoms with Crippen molar-refractivity contribution in [1.82, 2.24) is 5.32 Å². The van der Waals surface area contributed by atoms with Crippen LogP contribution in [0, 0.1) is 0 Å². The molecule has 0 unspecified atom stereocenters. The molecule has 1 aromatic rings. The van der Waals surface area contributed by atoms with Crippen LogP contribution in [0.15, 0.2) is 36.0 Å². The highest BCUT2D eigenvalue weighted by molar-refractivity contribution is 6.66. The minimum atomic E-state index is -2.74. The van der Waals surface area contributed by atoms with Crippen molar-refractivity contribution >= 4 is 14.9 Å². The summed E-state index contributed by atoms with van der Waals surface area (Å²) in [6, 6.07) is 9.96. The minimum Gasteiger partial charge on any atom is -0.374 e. The van der Waals surface area contributed by atoms with Crippen LogP contribution in [-0.4, -0.2) is 42.8 Å². The van der Waals surface area contributed by atoms with Crippen molar-refractivity contribution in [2.24, 2.45) is 5.73 Å². The van der Waals surface area contributed by atoms with Crippen molar-refractivity contribution in [2.45, 2.75) is 0 Å². The lowest BCUT2D eigenvalue weighted by molar-refractivity contribution is 0.113. The van der Waals surface area contributed by atoms with Gasteiger partial charge in [0.15, 0.2) is 0 Å². The first-order valence-corrected chi connectivity index (χ1v) is 7.96. The Hall–Kier alpha value is -1.02. The van der Waals surface area contributed by atoms with Crippen molar-refractivity contribution in [3.63, 3.8) is 0 Å². The third-order valence-corrected chi connectivity index (χ3v) is 4.89. The van der Waals surface area contributed by atoms with Gasteiger partial charge in [-0.1, -0.05) is 36.4 Å². The maximum atomic E-state index is 5.74. The Morgan fingerprint density at radius 2 is 1.89 bits per heavy atom. The largest absolute Gasteiger partial charge is 0.529 e. The standard InChI is InChI=1S/C13H22N2O3Si/c1-16-19(17-2,18-10-9-15-12-14)11-8-13-6-4-3-5-7-13/h3-8,11,15H,9-10,12,14H2,1-2H3. The second-order valence-electron chi connectivity index (χ2n) is 3.81. The average Bonchev–Trinajstić information content (AvgIpc) is 2.48. The normalized spacial score (nSPS) is 12.2. The van der Waals surface area contributed by atoms with Crippen molar-refractivity contribution in [3.05, 3.63) is 41.6 Å². The highest BCUT2D eigenvalue weighted by Gasteiger charge is 2.35. The van der Waals surface area contributed by atoms with E-state index in [0.717, 1.165) is 5.56 Å². The van der Waals surface area contributed by atoms with Gasteiger partial charge in [0.1, 0.15) is 0 Å². The Labute approximate surface area is 115 Å². The lowest BCUT2D eigenvalue weighted by Crippen LogP contribution is -2.44. The second-order valence-corrected chi connectivity index (χ2v) is 6.45. The molecule has 1 aromatic carbocycles. The summed E-state index contributed by atoms with van der Waals surface area (Å²) in [5.41, 5.74) is 8.31. The first-order chi connectivity index (χ1) is 9.26. The second kappa shape index (κ2) is 8.97. The number of benzene rings is 1. The van der Waals surface area contributed by atoms with Crippen LogP contribution in [-0.2, 0) is 13.3 Å². The van der Waals surface area contributed by atoms with Gasteiger partial charge in [0.05, 0.1) is 6.61 Å². The summed E-state index contributed by atoms with van der Waals surface area (Å²) in [5, 5.41) is 2.98. The fourth-order valence-corrected chi connectivity index (χ4v) is 3.07. The third kappa shape index (κ3) is 5.64. The molecule has 0 aliphatic carbocycles. The topological polar surface area (TPSA) is 65.7 Å². The monoisotopic (exact) mass is 282 g/mol. The summed E-state index contributed by atoms with van der Waals surface area (Å²) in [5.74, 6) is 0. The molecule has 19 heavy (non-hydrogen) atoms. The molecule has 6 heteroatoms. The van der Waals surface area contributed by atoms with E-state index in [2.05, 4.69) is 5.32 Å². The summed E-state index contributed by atoms with van der Waals surface area (Å²) < 4.78 is 16.6. The summed E-state index contributed by atoms with van der Waals surface area (Å²) >= 11 is 0. The number of nitrogens with one attached hydrogen (secondary N) is 1. The molecule has 0 heterocycles. The van der Waals surface area contributed by atoms with Crippen LogP contribution in [0.3, 0.4) is 0 Å². The van der Waals surface area contributed by atoms with E-state index in [4.69, 9.17) is 19.0 Å². The van der Waals surface area contributed by atoms with Gasteiger partial charge in [-0.25, -0.2) is 0 Å². The smallest absolute Gasteiger partial charge is 0.374 e. The van der Waals surface area contributed by atoms with Gasteiger partial charge in [0, 0.05) is 27.4 Å². The summed E-state index contributed by atoms with van der Waals surface area (Å²) in [7, 11) is 0.460. The lowest BCUT2D eigenvalue weighted by atomic mass is 10.2. The highest BCUT2D eigenvalue weighted by atomic mass is 28.4. The molecule has 0 radical (unpaired) electrons. The van der Waals surface area contributed by atoms with E-state index < -0.39 is 8.80 Å². The Bertz CT molecular complexity index is 369. The van der Waals surface area contributed by atoms with E-state index >= 15 is 0 Å². The van der Waals surface area contributed by atoms with Crippen LogP contribution in [0.25, 0.3) is 6.08 Å². The molecule has 5 nitrogen and oxygen atoms in total. The molecule has 0 spiro atoms. The van der Waals surface area contributed by atoms with Gasteiger partial charge < -0.3 is 24.3 Å². The van der Waals surface area contributed by atoms with Crippen LogP contribution in [0.1, 0.15) is 5.56 Å². The fourth-order valence-electron chi connectivity index (χ4n) is 1.52. The van der Waals surface area contributed by atoms with E-state index in [1.807, 2.05) is 42.1 Å². The van der Waals surface area contributed by atoms with E-state index in [0.29, 0.717) is 19.8 Å². The van der Waals surface area contributed by atoms with Gasteiger partial charge in [-0.3, -0.25) is 0 Å². The number of nitrogens with two attached hydrogens (primary N) is 1. The Balaban J connectivity index is 2.62. The van der Waals surface area contributed by atoms with E-state index in [9.17, 15) is 0 Å². The molecule has 0 saturated carbocycles. The van der Waals surface area contributed by atoms with Crippen LogP contribution in [0.5, 0.6) is 0 Å². The maximum absolute atomic E-state index is 5.74. The molecular weight excluding hydrogens is 260 g/mol. The van der Waals surface area contributed by atoms with Crippen LogP contribution in [0.2, 0.25) is 0 Å². The molecule has 0 saturated heterocycles. The molecule has 0 fully saturated rings. The predicted molar refractivity (Wildman–Crippen MR) is 78.3 cm³/mol. The number of rotatable bonds is 9. The molecule has 106 valence electrons. The van der Waals surface area contributed by atoms with Crippen molar-refractivity contribution in [3.8, 4) is 0 Å². The van der Waals surface area contributed by atoms with Crippen LogP contribution in [0.4, 0.5) is 0 Å². The molecular formula is C13H22N2O3Si. The zero-order valence-electron chi connectivity index (χ0n) is 11.5. The highest BCUT2D eigenvalue weighted by Crippen LogP contribution is 2.12. The van der Waals surface area contributed by atoms with Crippen LogP contribution >= 0.6 is 0 Å². The van der Waals surface area contributed by atoms with Crippen molar-refractivity contribution in [1.29, 1.82) is 0 Å². The molecule has 0 aromatic heterocycles. The molecule has 0 aliphatic heterocycles. The Morgan fingerprint density at radius 3 is 2.47 bits per heavy atom. The average molecular weight is 282 g/mol. The van der Waals surface area contributed by atoms with Gasteiger partial charge in [0.2, 0.25) is 0 Å². The Kier molecular flexibility index (Phi) is 7.57. The van der Waals surface area contributed by atoms with Gasteiger partial charge in [0.25, 0.3) is 0 Å².